The summed E-state index contributed by atoms with van der Waals surface area (Å²) in [4.78, 5) is 0. The van der Waals surface area contributed by atoms with Gasteiger partial charge in [-0.3, -0.25) is 0 Å². The van der Waals surface area contributed by atoms with Crippen molar-refractivity contribution in [3.8, 4) is 0 Å². The summed E-state index contributed by atoms with van der Waals surface area (Å²) >= 11 is 0. The first-order valence-electron chi connectivity index (χ1n) is 4.75. The van der Waals surface area contributed by atoms with Gasteiger partial charge in [-0.15, -0.1) is 0 Å². The molecule has 1 atom stereocenters. The minimum Gasteiger partial charge on any atom is -0.353 e. The molecule has 1 unspecified atom stereocenters. The zero-order valence-corrected chi connectivity index (χ0v) is 8.32. The molecule has 4 heteroatoms. The summed E-state index contributed by atoms with van der Waals surface area (Å²) in [5, 5.41) is 0. The molecule has 2 aliphatic heterocycles. The number of rotatable bonds is 1. The fraction of sp³-hybridized carbons (Fsp3) is 1.00. The second-order valence-electron chi connectivity index (χ2n) is 3.05. The molecule has 0 N–H and O–H groups in total. The zero-order chi connectivity index (χ0) is 9.52. The summed E-state index contributed by atoms with van der Waals surface area (Å²) in [6.07, 6.45) is 1.39. The van der Waals surface area contributed by atoms with Crippen LogP contribution in [0.1, 0.15) is 20.3 Å². The fourth-order valence-electron chi connectivity index (χ4n) is 1.07. The molecule has 0 amide bonds. The predicted molar refractivity (Wildman–Crippen MR) is 47.3 cm³/mol. The third-order valence-corrected chi connectivity index (χ3v) is 1.81. The SMILES string of the molecule is CC1COCO1.CCC1OCCO1. The quantitative estimate of drug-likeness (QED) is 0.621. The van der Waals surface area contributed by atoms with Crippen molar-refractivity contribution in [2.24, 2.45) is 0 Å². The smallest absolute Gasteiger partial charge is 0.157 e. The summed E-state index contributed by atoms with van der Waals surface area (Å²) in [7, 11) is 0. The molecule has 78 valence electrons. The van der Waals surface area contributed by atoms with Crippen molar-refractivity contribution in [2.75, 3.05) is 26.6 Å². The number of hydrogen-bond donors (Lipinski definition) is 0. The van der Waals surface area contributed by atoms with Gasteiger partial charge < -0.3 is 18.9 Å². The molecular formula is C9H18O4. The standard InChI is InChI=1S/C5H10O2.C4H8O2/c1-2-5-6-3-4-7-5;1-4-2-5-3-6-4/h5H,2-4H2,1H3;4H,2-3H2,1H3. The van der Waals surface area contributed by atoms with Gasteiger partial charge in [0.05, 0.1) is 25.9 Å². The van der Waals surface area contributed by atoms with Gasteiger partial charge in [0.1, 0.15) is 6.79 Å². The van der Waals surface area contributed by atoms with E-state index in [1.165, 1.54) is 0 Å². The first-order valence-corrected chi connectivity index (χ1v) is 4.75. The second kappa shape index (κ2) is 6.32. The molecule has 0 saturated carbocycles. The maximum absolute atomic E-state index is 5.08. The molecule has 4 nitrogen and oxygen atoms in total. The Morgan fingerprint density at radius 2 is 1.85 bits per heavy atom. The van der Waals surface area contributed by atoms with E-state index < -0.39 is 0 Å². The topological polar surface area (TPSA) is 36.9 Å². The molecule has 0 aliphatic carbocycles. The van der Waals surface area contributed by atoms with Crippen molar-refractivity contribution >= 4 is 0 Å². The summed E-state index contributed by atoms with van der Waals surface area (Å²) in [6, 6.07) is 0. The predicted octanol–water partition coefficient (Wildman–Crippen LogP) is 1.15. The normalized spacial score (nSPS) is 28.6. The Morgan fingerprint density at radius 3 is 2.08 bits per heavy atom. The molecule has 0 aromatic carbocycles. The minimum absolute atomic E-state index is 0.0972. The Labute approximate surface area is 79.1 Å². The van der Waals surface area contributed by atoms with Crippen LogP contribution < -0.4 is 0 Å². The molecule has 2 heterocycles. The van der Waals surface area contributed by atoms with E-state index >= 15 is 0 Å². The van der Waals surface area contributed by atoms with Gasteiger partial charge in [0.2, 0.25) is 0 Å². The van der Waals surface area contributed by atoms with E-state index in [9.17, 15) is 0 Å². The third-order valence-electron chi connectivity index (χ3n) is 1.81. The van der Waals surface area contributed by atoms with Crippen LogP contribution in [0.2, 0.25) is 0 Å². The van der Waals surface area contributed by atoms with E-state index in [4.69, 9.17) is 18.9 Å². The average Bonchev–Trinajstić information content (AvgIpc) is 2.76. The molecule has 2 fully saturated rings. The number of ether oxygens (including phenoxy) is 4. The van der Waals surface area contributed by atoms with Crippen LogP contribution >= 0.6 is 0 Å². The zero-order valence-electron chi connectivity index (χ0n) is 8.32. The third kappa shape index (κ3) is 4.57. The first-order chi connectivity index (χ1) is 6.33. The molecule has 13 heavy (non-hydrogen) atoms. The van der Waals surface area contributed by atoms with Gasteiger partial charge in [-0.05, 0) is 13.3 Å². The molecule has 0 radical (unpaired) electrons. The van der Waals surface area contributed by atoms with Crippen LogP contribution in [0.4, 0.5) is 0 Å². The van der Waals surface area contributed by atoms with Crippen LogP contribution in [0, 0.1) is 0 Å². The van der Waals surface area contributed by atoms with E-state index in [-0.39, 0.29) is 6.29 Å². The molecular weight excluding hydrogens is 172 g/mol. The van der Waals surface area contributed by atoms with E-state index in [1.807, 2.05) is 6.92 Å². The van der Waals surface area contributed by atoms with Crippen molar-refractivity contribution in [1.82, 2.24) is 0 Å². The Hall–Kier alpha value is -0.160. The van der Waals surface area contributed by atoms with E-state index in [0.717, 1.165) is 26.2 Å². The highest BCUT2D eigenvalue weighted by molar-refractivity contribution is 4.48. The number of hydrogen-bond acceptors (Lipinski definition) is 4. The van der Waals surface area contributed by atoms with Gasteiger partial charge in [0.15, 0.2) is 6.29 Å². The van der Waals surface area contributed by atoms with Gasteiger partial charge in [0.25, 0.3) is 0 Å². The molecule has 0 aromatic heterocycles. The van der Waals surface area contributed by atoms with Crippen LogP contribution in [-0.2, 0) is 18.9 Å². The maximum Gasteiger partial charge on any atom is 0.157 e. The van der Waals surface area contributed by atoms with Crippen molar-refractivity contribution in [3.05, 3.63) is 0 Å². The fourth-order valence-corrected chi connectivity index (χ4v) is 1.07. The lowest BCUT2D eigenvalue weighted by molar-refractivity contribution is -0.0430. The summed E-state index contributed by atoms with van der Waals surface area (Å²) in [5.41, 5.74) is 0. The molecule has 2 saturated heterocycles. The van der Waals surface area contributed by atoms with Crippen molar-refractivity contribution < 1.29 is 18.9 Å². The Kier molecular flexibility index (Phi) is 5.31. The van der Waals surface area contributed by atoms with Crippen molar-refractivity contribution in [1.29, 1.82) is 0 Å². The molecule has 0 bridgehead atoms. The van der Waals surface area contributed by atoms with Gasteiger partial charge in [0, 0.05) is 0 Å². The Balaban J connectivity index is 0.000000132. The lowest BCUT2D eigenvalue weighted by Gasteiger charge is -2.01. The first kappa shape index (κ1) is 10.9. The highest BCUT2D eigenvalue weighted by Gasteiger charge is 2.11. The lowest BCUT2D eigenvalue weighted by atomic mass is 10.5. The molecule has 2 aliphatic rings. The second-order valence-corrected chi connectivity index (χ2v) is 3.05. The van der Waals surface area contributed by atoms with Crippen molar-refractivity contribution in [3.63, 3.8) is 0 Å². The largest absolute Gasteiger partial charge is 0.353 e. The highest BCUT2D eigenvalue weighted by atomic mass is 16.7. The molecule has 0 aromatic rings. The monoisotopic (exact) mass is 190 g/mol. The highest BCUT2D eigenvalue weighted by Crippen LogP contribution is 2.05. The van der Waals surface area contributed by atoms with Gasteiger partial charge in [-0.25, -0.2) is 0 Å². The van der Waals surface area contributed by atoms with Crippen LogP contribution in [0.25, 0.3) is 0 Å². The van der Waals surface area contributed by atoms with Crippen molar-refractivity contribution in [2.45, 2.75) is 32.7 Å². The Morgan fingerprint density at radius 1 is 1.15 bits per heavy atom. The summed E-state index contributed by atoms with van der Waals surface area (Å²) in [6.45, 7) is 6.85. The summed E-state index contributed by atoms with van der Waals surface area (Å²) in [5.74, 6) is 0. The van der Waals surface area contributed by atoms with Crippen LogP contribution in [-0.4, -0.2) is 39.0 Å². The van der Waals surface area contributed by atoms with Gasteiger partial charge in [-0.2, -0.15) is 0 Å². The average molecular weight is 190 g/mol. The van der Waals surface area contributed by atoms with Gasteiger partial charge >= 0.3 is 0 Å². The summed E-state index contributed by atoms with van der Waals surface area (Å²) < 4.78 is 19.9. The van der Waals surface area contributed by atoms with Gasteiger partial charge in [-0.1, -0.05) is 6.92 Å². The molecule has 2 rings (SSSR count). The molecule has 0 spiro atoms. The van der Waals surface area contributed by atoms with Crippen LogP contribution in [0.3, 0.4) is 0 Å². The van der Waals surface area contributed by atoms with E-state index in [0.29, 0.717) is 12.9 Å². The Bertz CT molecular complexity index is 117. The van der Waals surface area contributed by atoms with E-state index in [1.54, 1.807) is 0 Å². The minimum atomic E-state index is 0.0972. The van der Waals surface area contributed by atoms with E-state index in [2.05, 4.69) is 6.92 Å². The lowest BCUT2D eigenvalue weighted by Crippen LogP contribution is -2.03. The van der Waals surface area contributed by atoms with Crippen LogP contribution in [0.5, 0.6) is 0 Å². The maximum atomic E-state index is 5.08. The van der Waals surface area contributed by atoms with Crippen LogP contribution in [0.15, 0.2) is 0 Å².